The predicted molar refractivity (Wildman–Crippen MR) is 116 cm³/mol. The second kappa shape index (κ2) is 11.8. The number of hydrogen-bond acceptors (Lipinski definition) is 3. The van der Waals surface area contributed by atoms with Crippen LogP contribution in [0.4, 0.5) is 0 Å². The van der Waals surface area contributed by atoms with Crippen molar-refractivity contribution in [2.45, 2.75) is 59.0 Å². The number of guanidine groups is 1. The van der Waals surface area contributed by atoms with Gasteiger partial charge in [0.15, 0.2) is 5.96 Å². The minimum absolute atomic E-state index is 0. The van der Waals surface area contributed by atoms with Crippen LogP contribution in [-0.4, -0.2) is 49.1 Å². The fraction of sp³-hybridized carbons (Fsp3) is 0.737. The quantitative estimate of drug-likeness (QED) is 0.269. The zero-order chi connectivity index (χ0) is 17.4. The van der Waals surface area contributed by atoms with Gasteiger partial charge in [0.25, 0.3) is 0 Å². The Kier molecular flexibility index (Phi) is 10.5. The van der Waals surface area contributed by atoms with Gasteiger partial charge >= 0.3 is 0 Å². The SMILES string of the molecule is CCCCN=C(NCCc1ccco1)NC1CN(C(C)C)CC1C.I. The van der Waals surface area contributed by atoms with E-state index >= 15 is 0 Å². The first-order valence-corrected chi connectivity index (χ1v) is 9.41. The van der Waals surface area contributed by atoms with Crippen molar-refractivity contribution in [2.75, 3.05) is 26.2 Å². The highest BCUT2D eigenvalue weighted by Gasteiger charge is 2.31. The third kappa shape index (κ3) is 7.56. The summed E-state index contributed by atoms with van der Waals surface area (Å²) in [7, 11) is 0. The summed E-state index contributed by atoms with van der Waals surface area (Å²) in [4.78, 5) is 7.28. The molecule has 1 saturated heterocycles. The van der Waals surface area contributed by atoms with Crippen LogP contribution in [0.2, 0.25) is 0 Å². The zero-order valence-electron chi connectivity index (χ0n) is 16.1. The van der Waals surface area contributed by atoms with E-state index in [4.69, 9.17) is 9.41 Å². The molecule has 0 saturated carbocycles. The van der Waals surface area contributed by atoms with Crippen LogP contribution in [0.5, 0.6) is 0 Å². The summed E-state index contributed by atoms with van der Waals surface area (Å²) < 4.78 is 5.40. The minimum atomic E-state index is 0. The Bertz CT molecular complexity index is 490. The number of nitrogens with one attached hydrogen (secondary N) is 2. The molecule has 1 aliphatic heterocycles. The predicted octanol–water partition coefficient (Wildman–Crippen LogP) is 3.50. The molecule has 2 heterocycles. The third-order valence-corrected chi connectivity index (χ3v) is 4.72. The van der Waals surface area contributed by atoms with Crippen LogP contribution < -0.4 is 10.6 Å². The van der Waals surface area contributed by atoms with Crippen molar-refractivity contribution in [3.05, 3.63) is 24.2 Å². The van der Waals surface area contributed by atoms with Gasteiger partial charge in [-0.2, -0.15) is 0 Å². The summed E-state index contributed by atoms with van der Waals surface area (Å²) in [6.07, 6.45) is 4.90. The molecule has 2 rings (SSSR count). The van der Waals surface area contributed by atoms with Crippen molar-refractivity contribution >= 4 is 29.9 Å². The van der Waals surface area contributed by atoms with Crippen molar-refractivity contribution in [3.8, 4) is 0 Å². The van der Waals surface area contributed by atoms with E-state index in [1.54, 1.807) is 6.26 Å². The first kappa shape index (κ1) is 22.3. The van der Waals surface area contributed by atoms with Gasteiger partial charge in [-0.15, -0.1) is 24.0 Å². The lowest BCUT2D eigenvalue weighted by molar-refractivity contribution is 0.265. The maximum atomic E-state index is 5.40. The molecular weight excluding hydrogens is 427 g/mol. The summed E-state index contributed by atoms with van der Waals surface area (Å²) in [5.41, 5.74) is 0. The molecule has 25 heavy (non-hydrogen) atoms. The van der Waals surface area contributed by atoms with Gasteiger partial charge in [0.1, 0.15) is 5.76 Å². The zero-order valence-corrected chi connectivity index (χ0v) is 18.5. The maximum Gasteiger partial charge on any atom is 0.191 e. The maximum absolute atomic E-state index is 5.40. The molecule has 1 aromatic heterocycles. The molecule has 144 valence electrons. The van der Waals surface area contributed by atoms with E-state index < -0.39 is 0 Å². The molecule has 5 nitrogen and oxygen atoms in total. The largest absolute Gasteiger partial charge is 0.469 e. The Morgan fingerprint density at radius 1 is 1.40 bits per heavy atom. The molecule has 2 N–H and O–H groups in total. The van der Waals surface area contributed by atoms with Gasteiger partial charge in [-0.3, -0.25) is 9.89 Å². The average molecular weight is 462 g/mol. The molecule has 0 radical (unpaired) electrons. The molecular formula is C19H35IN4O. The normalized spacial score (nSPS) is 21.4. The van der Waals surface area contributed by atoms with E-state index in [2.05, 4.69) is 43.2 Å². The smallest absolute Gasteiger partial charge is 0.191 e. The summed E-state index contributed by atoms with van der Waals surface area (Å²) in [6.45, 7) is 13.0. The first-order chi connectivity index (χ1) is 11.6. The molecule has 2 atom stereocenters. The Hall–Kier alpha value is -0.760. The molecule has 1 aliphatic rings. The number of hydrogen-bond donors (Lipinski definition) is 2. The van der Waals surface area contributed by atoms with Crippen molar-refractivity contribution in [1.29, 1.82) is 0 Å². The highest BCUT2D eigenvalue weighted by atomic mass is 127. The van der Waals surface area contributed by atoms with Gasteiger partial charge in [-0.05, 0) is 38.3 Å². The topological polar surface area (TPSA) is 52.8 Å². The van der Waals surface area contributed by atoms with Crippen LogP contribution in [0.25, 0.3) is 0 Å². The van der Waals surface area contributed by atoms with Crippen LogP contribution >= 0.6 is 24.0 Å². The van der Waals surface area contributed by atoms with E-state index in [1.165, 1.54) is 6.42 Å². The molecule has 6 heteroatoms. The number of halogens is 1. The molecule has 0 amide bonds. The molecule has 2 unspecified atom stereocenters. The van der Waals surface area contributed by atoms with Crippen molar-refractivity contribution in [3.63, 3.8) is 0 Å². The average Bonchev–Trinajstić information content (AvgIpc) is 3.18. The molecule has 1 fully saturated rings. The van der Waals surface area contributed by atoms with E-state index in [0.717, 1.165) is 50.7 Å². The Morgan fingerprint density at radius 2 is 2.20 bits per heavy atom. The van der Waals surface area contributed by atoms with Crippen molar-refractivity contribution in [1.82, 2.24) is 15.5 Å². The van der Waals surface area contributed by atoms with Gasteiger partial charge < -0.3 is 15.1 Å². The number of likely N-dealkylation sites (tertiary alicyclic amines) is 1. The van der Waals surface area contributed by atoms with Crippen LogP contribution in [0.1, 0.15) is 46.3 Å². The second-order valence-corrected chi connectivity index (χ2v) is 7.12. The standard InChI is InChI=1S/C19H34N4O.HI/c1-5-6-10-20-19(21-11-9-17-8-7-12-24-17)22-18-14-23(15(2)3)13-16(18)4;/h7-8,12,15-16,18H,5-6,9-11,13-14H2,1-4H3,(H2,20,21,22);1H. The van der Waals surface area contributed by atoms with E-state index in [0.29, 0.717) is 18.0 Å². The van der Waals surface area contributed by atoms with Gasteiger partial charge in [-0.25, -0.2) is 0 Å². The van der Waals surface area contributed by atoms with Crippen LogP contribution in [0.3, 0.4) is 0 Å². The molecule has 0 spiro atoms. The lowest BCUT2D eigenvalue weighted by Crippen LogP contribution is -2.47. The highest BCUT2D eigenvalue weighted by molar-refractivity contribution is 14.0. The minimum Gasteiger partial charge on any atom is -0.469 e. The van der Waals surface area contributed by atoms with E-state index in [9.17, 15) is 0 Å². The Balaban J connectivity index is 0.00000312. The molecule has 0 bridgehead atoms. The summed E-state index contributed by atoms with van der Waals surface area (Å²) >= 11 is 0. The Morgan fingerprint density at radius 3 is 2.80 bits per heavy atom. The second-order valence-electron chi connectivity index (χ2n) is 7.12. The lowest BCUT2D eigenvalue weighted by Gasteiger charge is -2.22. The van der Waals surface area contributed by atoms with Gasteiger partial charge in [-0.1, -0.05) is 20.3 Å². The van der Waals surface area contributed by atoms with Crippen molar-refractivity contribution < 1.29 is 4.42 Å². The summed E-state index contributed by atoms with van der Waals surface area (Å²) in [6, 6.07) is 5.02. The van der Waals surface area contributed by atoms with Gasteiger partial charge in [0.05, 0.1) is 6.26 Å². The number of aliphatic imine (C=N–C) groups is 1. The Labute approximate surface area is 170 Å². The molecule has 0 aromatic carbocycles. The fourth-order valence-electron chi connectivity index (χ4n) is 3.05. The number of furan rings is 1. The van der Waals surface area contributed by atoms with Crippen LogP contribution in [0.15, 0.2) is 27.8 Å². The molecule has 1 aromatic rings. The monoisotopic (exact) mass is 462 g/mol. The van der Waals surface area contributed by atoms with E-state index in [-0.39, 0.29) is 24.0 Å². The van der Waals surface area contributed by atoms with E-state index in [1.807, 2.05) is 12.1 Å². The molecule has 0 aliphatic carbocycles. The number of rotatable bonds is 8. The van der Waals surface area contributed by atoms with Gasteiger partial charge in [0.2, 0.25) is 0 Å². The van der Waals surface area contributed by atoms with Crippen molar-refractivity contribution in [2.24, 2.45) is 10.9 Å². The number of unbranched alkanes of at least 4 members (excludes halogenated alkanes) is 1. The lowest BCUT2D eigenvalue weighted by atomic mass is 10.1. The first-order valence-electron chi connectivity index (χ1n) is 9.41. The highest BCUT2D eigenvalue weighted by Crippen LogP contribution is 2.18. The van der Waals surface area contributed by atoms with Crippen LogP contribution in [-0.2, 0) is 6.42 Å². The third-order valence-electron chi connectivity index (χ3n) is 4.72. The summed E-state index contributed by atoms with van der Waals surface area (Å²) in [5.74, 6) is 2.59. The van der Waals surface area contributed by atoms with Crippen LogP contribution in [0, 0.1) is 5.92 Å². The number of nitrogens with zero attached hydrogens (tertiary/aromatic N) is 2. The fourth-order valence-corrected chi connectivity index (χ4v) is 3.05. The van der Waals surface area contributed by atoms with Gasteiger partial charge in [0, 0.05) is 44.7 Å². The summed E-state index contributed by atoms with van der Waals surface area (Å²) in [5, 5.41) is 7.12.